The number of hydrogen-bond acceptors (Lipinski definition) is 5. The van der Waals surface area contributed by atoms with Crippen molar-refractivity contribution in [1.82, 2.24) is 5.32 Å². The van der Waals surface area contributed by atoms with Crippen LogP contribution in [0.15, 0.2) is 18.2 Å². The monoisotopic (exact) mass is 291 g/mol. The van der Waals surface area contributed by atoms with Gasteiger partial charge in [-0.3, -0.25) is 0 Å². The molecule has 0 aromatic heterocycles. The van der Waals surface area contributed by atoms with Gasteiger partial charge in [-0.1, -0.05) is 0 Å². The largest absolute Gasteiger partial charge is 0.493 e. The van der Waals surface area contributed by atoms with Gasteiger partial charge in [0.1, 0.15) is 0 Å². The fraction of sp³-hybridized carbons (Fsp3) is 0.438. The van der Waals surface area contributed by atoms with Crippen molar-refractivity contribution in [1.29, 1.82) is 0 Å². The van der Waals surface area contributed by atoms with Crippen molar-refractivity contribution < 1.29 is 19.0 Å². The van der Waals surface area contributed by atoms with E-state index in [-0.39, 0.29) is 5.97 Å². The number of benzene rings is 1. The summed E-state index contributed by atoms with van der Waals surface area (Å²) < 4.78 is 15.9. The topological polar surface area (TPSA) is 56.8 Å². The molecule has 0 radical (unpaired) electrons. The molecule has 21 heavy (non-hydrogen) atoms. The summed E-state index contributed by atoms with van der Waals surface area (Å²) in [5.41, 5.74) is 2.85. The SMILES string of the molecule is CCOC(=O)/C=C1\NCCc2cc(OCC)c(OC)cc21. The van der Waals surface area contributed by atoms with Gasteiger partial charge in [0, 0.05) is 23.9 Å². The molecule has 114 valence electrons. The van der Waals surface area contributed by atoms with Crippen LogP contribution in [0.2, 0.25) is 0 Å². The summed E-state index contributed by atoms with van der Waals surface area (Å²) in [6, 6.07) is 3.88. The van der Waals surface area contributed by atoms with Gasteiger partial charge in [-0.2, -0.15) is 0 Å². The van der Waals surface area contributed by atoms with Crippen molar-refractivity contribution in [2.75, 3.05) is 26.9 Å². The van der Waals surface area contributed by atoms with Gasteiger partial charge in [0.05, 0.1) is 20.3 Å². The Balaban J connectivity index is 2.40. The van der Waals surface area contributed by atoms with E-state index < -0.39 is 0 Å². The number of methoxy groups -OCH3 is 1. The Hall–Kier alpha value is -2.17. The highest BCUT2D eigenvalue weighted by atomic mass is 16.5. The maximum atomic E-state index is 11.7. The lowest BCUT2D eigenvalue weighted by atomic mass is 9.97. The fourth-order valence-corrected chi connectivity index (χ4v) is 2.35. The second kappa shape index (κ2) is 7.02. The van der Waals surface area contributed by atoms with Gasteiger partial charge >= 0.3 is 5.97 Å². The van der Waals surface area contributed by atoms with Gasteiger partial charge in [0.15, 0.2) is 11.5 Å². The average Bonchev–Trinajstić information content (AvgIpc) is 2.47. The highest BCUT2D eigenvalue weighted by Crippen LogP contribution is 2.35. The fourth-order valence-electron chi connectivity index (χ4n) is 2.35. The molecule has 0 amide bonds. The Labute approximate surface area is 124 Å². The van der Waals surface area contributed by atoms with Gasteiger partial charge in [0.25, 0.3) is 0 Å². The first kappa shape index (κ1) is 15.2. The third-order valence-electron chi connectivity index (χ3n) is 3.24. The Kier molecular flexibility index (Phi) is 5.09. The van der Waals surface area contributed by atoms with Gasteiger partial charge < -0.3 is 19.5 Å². The summed E-state index contributed by atoms with van der Waals surface area (Å²) in [6.07, 6.45) is 2.36. The maximum Gasteiger partial charge on any atom is 0.332 e. The molecule has 0 spiro atoms. The van der Waals surface area contributed by atoms with E-state index in [4.69, 9.17) is 14.2 Å². The molecule has 1 aliphatic heterocycles. The lowest BCUT2D eigenvalue weighted by Gasteiger charge is -2.23. The molecule has 0 saturated heterocycles. The first-order chi connectivity index (χ1) is 10.2. The van der Waals surface area contributed by atoms with E-state index >= 15 is 0 Å². The molecule has 1 aromatic carbocycles. The number of carbonyl (C=O) groups is 1. The van der Waals surface area contributed by atoms with Crippen LogP contribution in [0.25, 0.3) is 5.70 Å². The molecule has 5 heteroatoms. The molecule has 1 aromatic rings. The summed E-state index contributed by atoms with van der Waals surface area (Å²) in [7, 11) is 1.61. The highest BCUT2D eigenvalue weighted by Gasteiger charge is 2.19. The molecule has 2 rings (SSSR count). The first-order valence-corrected chi connectivity index (χ1v) is 7.16. The molecule has 0 aliphatic carbocycles. The number of nitrogens with one attached hydrogen (secondary N) is 1. The van der Waals surface area contributed by atoms with Crippen LogP contribution in [-0.4, -0.2) is 32.8 Å². The molecule has 5 nitrogen and oxygen atoms in total. The van der Waals surface area contributed by atoms with Crippen LogP contribution in [0.1, 0.15) is 25.0 Å². The Morgan fingerprint density at radius 1 is 1.29 bits per heavy atom. The van der Waals surface area contributed by atoms with Crippen LogP contribution in [-0.2, 0) is 16.0 Å². The van der Waals surface area contributed by atoms with Gasteiger partial charge in [0.2, 0.25) is 0 Å². The van der Waals surface area contributed by atoms with Gasteiger partial charge in [-0.25, -0.2) is 4.79 Å². The van der Waals surface area contributed by atoms with Crippen molar-refractivity contribution in [2.45, 2.75) is 20.3 Å². The average molecular weight is 291 g/mol. The minimum atomic E-state index is -0.347. The van der Waals surface area contributed by atoms with Crippen LogP contribution >= 0.6 is 0 Å². The predicted octanol–water partition coefficient (Wildman–Crippen LogP) is 2.14. The normalized spacial score (nSPS) is 15.1. The third-order valence-corrected chi connectivity index (χ3v) is 3.24. The Morgan fingerprint density at radius 2 is 2.10 bits per heavy atom. The highest BCUT2D eigenvalue weighted by molar-refractivity contribution is 5.92. The molecule has 0 atom stereocenters. The van der Waals surface area contributed by atoms with E-state index in [0.717, 1.165) is 35.5 Å². The summed E-state index contributed by atoms with van der Waals surface area (Å²) in [6.45, 7) is 5.44. The maximum absolute atomic E-state index is 11.7. The number of rotatable bonds is 5. The van der Waals surface area contributed by atoms with Crippen molar-refractivity contribution in [2.24, 2.45) is 0 Å². The Bertz CT molecular complexity index is 551. The van der Waals surface area contributed by atoms with Gasteiger partial charge in [-0.05, 0) is 38.0 Å². The summed E-state index contributed by atoms with van der Waals surface area (Å²) >= 11 is 0. The second-order valence-corrected chi connectivity index (χ2v) is 4.58. The van der Waals surface area contributed by atoms with E-state index in [1.54, 1.807) is 14.0 Å². The lowest BCUT2D eigenvalue weighted by molar-refractivity contribution is -0.137. The number of fused-ring (bicyclic) bond motifs is 1. The van der Waals surface area contributed by atoms with Crippen LogP contribution in [0.3, 0.4) is 0 Å². The molecule has 0 bridgehead atoms. The van der Waals surface area contributed by atoms with Crippen molar-refractivity contribution in [3.05, 3.63) is 29.3 Å². The van der Waals surface area contributed by atoms with Gasteiger partial charge in [-0.15, -0.1) is 0 Å². The van der Waals surface area contributed by atoms with Crippen LogP contribution in [0.4, 0.5) is 0 Å². The number of carbonyl (C=O) groups excluding carboxylic acids is 1. The molecule has 1 N–H and O–H groups in total. The van der Waals surface area contributed by atoms with Crippen LogP contribution in [0, 0.1) is 0 Å². The van der Waals surface area contributed by atoms with E-state index in [1.165, 1.54) is 6.08 Å². The van der Waals surface area contributed by atoms with Crippen LogP contribution < -0.4 is 14.8 Å². The number of esters is 1. The molecular formula is C16H21NO4. The third kappa shape index (κ3) is 3.48. The Morgan fingerprint density at radius 3 is 2.76 bits per heavy atom. The molecule has 0 unspecified atom stereocenters. The molecule has 0 saturated carbocycles. The van der Waals surface area contributed by atoms with Crippen molar-refractivity contribution in [3.8, 4) is 11.5 Å². The van der Waals surface area contributed by atoms with Crippen LogP contribution in [0.5, 0.6) is 11.5 Å². The lowest BCUT2D eigenvalue weighted by Crippen LogP contribution is -2.24. The predicted molar refractivity (Wildman–Crippen MR) is 80.5 cm³/mol. The number of hydrogen-bond donors (Lipinski definition) is 1. The second-order valence-electron chi connectivity index (χ2n) is 4.58. The summed E-state index contributed by atoms with van der Waals surface area (Å²) in [5.74, 6) is 1.05. The number of ether oxygens (including phenoxy) is 3. The summed E-state index contributed by atoms with van der Waals surface area (Å²) in [4.78, 5) is 11.7. The van der Waals surface area contributed by atoms with E-state index in [1.807, 2.05) is 19.1 Å². The standard InChI is InChI=1S/C16H21NO4/c1-4-20-15-8-11-6-7-17-13(10-16(18)21-5-2)12(11)9-14(15)19-3/h8-10,17H,4-7H2,1-3H3/b13-10-. The zero-order valence-electron chi connectivity index (χ0n) is 12.7. The first-order valence-electron chi connectivity index (χ1n) is 7.16. The molecule has 0 fully saturated rings. The molecular weight excluding hydrogens is 270 g/mol. The smallest absolute Gasteiger partial charge is 0.332 e. The van der Waals surface area contributed by atoms with E-state index in [9.17, 15) is 4.79 Å². The zero-order chi connectivity index (χ0) is 15.2. The van der Waals surface area contributed by atoms with Crippen molar-refractivity contribution >= 4 is 11.7 Å². The minimum absolute atomic E-state index is 0.347. The molecule has 1 heterocycles. The quantitative estimate of drug-likeness (QED) is 0.665. The van der Waals surface area contributed by atoms with E-state index in [0.29, 0.717) is 19.0 Å². The molecule has 1 aliphatic rings. The van der Waals surface area contributed by atoms with Crippen molar-refractivity contribution in [3.63, 3.8) is 0 Å². The summed E-state index contributed by atoms with van der Waals surface area (Å²) in [5, 5.41) is 3.23. The van der Waals surface area contributed by atoms with E-state index in [2.05, 4.69) is 5.32 Å². The minimum Gasteiger partial charge on any atom is -0.493 e. The zero-order valence-corrected chi connectivity index (χ0v) is 12.7.